The van der Waals surface area contributed by atoms with E-state index < -0.39 is 5.97 Å². The standard InChI is InChI=1S/C20H28O3/c1-2-3-4-5-6-10-13-18-17(15-16-19(18)21)12-9-7-8-11-14-20(22)23/h6-7,9-10,13,15-17H,2-5,8,11-12,14H2,1H3,(H,22,23)/b9-7+,10-6+,18-13-. The SMILES string of the molecule is CCCCC/C=C/C=C1\C(=O)C=CC1C/C=C/CCCC(=O)O. The molecule has 126 valence electrons. The Morgan fingerprint density at radius 2 is 1.96 bits per heavy atom. The van der Waals surface area contributed by atoms with Crippen LogP contribution < -0.4 is 0 Å². The van der Waals surface area contributed by atoms with E-state index in [1.807, 2.05) is 30.4 Å². The van der Waals surface area contributed by atoms with Crippen molar-refractivity contribution in [2.24, 2.45) is 5.92 Å². The fraction of sp³-hybridized carbons (Fsp3) is 0.500. The second-order valence-corrected chi connectivity index (χ2v) is 5.87. The van der Waals surface area contributed by atoms with Gasteiger partial charge in [-0.2, -0.15) is 0 Å². The van der Waals surface area contributed by atoms with Crippen LogP contribution in [-0.2, 0) is 9.59 Å². The summed E-state index contributed by atoms with van der Waals surface area (Å²) in [7, 11) is 0. The van der Waals surface area contributed by atoms with Crippen LogP contribution in [0.25, 0.3) is 0 Å². The summed E-state index contributed by atoms with van der Waals surface area (Å²) < 4.78 is 0. The maximum Gasteiger partial charge on any atom is 0.303 e. The number of allylic oxidation sites excluding steroid dienone is 8. The Morgan fingerprint density at radius 3 is 2.70 bits per heavy atom. The molecule has 0 saturated carbocycles. The number of carbonyl (C=O) groups excluding carboxylic acids is 1. The molecule has 1 unspecified atom stereocenters. The normalized spacial score (nSPS) is 19.6. The molecule has 23 heavy (non-hydrogen) atoms. The number of hydrogen-bond acceptors (Lipinski definition) is 2. The first kappa shape index (κ1) is 19.1. The van der Waals surface area contributed by atoms with Crippen LogP contribution in [0.5, 0.6) is 0 Å². The minimum absolute atomic E-state index is 0.104. The maximum absolute atomic E-state index is 11.9. The van der Waals surface area contributed by atoms with Gasteiger partial charge >= 0.3 is 5.97 Å². The summed E-state index contributed by atoms with van der Waals surface area (Å²) in [5, 5.41) is 8.57. The van der Waals surface area contributed by atoms with Gasteiger partial charge in [0.15, 0.2) is 5.78 Å². The van der Waals surface area contributed by atoms with Crippen molar-refractivity contribution in [3.05, 3.63) is 48.1 Å². The molecular weight excluding hydrogens is 288 g/mol. The summed E-state index contributed by atoms with van der Waals surface area (Å²) in [6, 6.07) is 0. The molecule has 1 aliphatic carbocycles. The third kappa shape index (κ3) is 8.34. The van der Waals surface area contributed by atoms with Crippen LogP contribution in [0.1, 0.15) is 58.3 Å². The number of carboxylic acids is 1. The Morgan fingerprint density at radius 1 is 1.17 bits per heavy atom. The second-order valence-electron chi connectivity index (χ2n) is 5.87. The van der Waals surface area contributed by atoms with Gasteiger partial charge in [0.1, 0.15) is 0 Å². The number of carboxylic acid groups (broad SMARTS) is 1. The predicted molar refractivity (Wildman–Crippen MR) is 94.2 cm³/mol. The lowest BCUT2D eigenvalue weighted by molar-refractivity contribution is -0.137. The van der Waals surface area contributed by atoms with Gasteiger partial charge in [-0.1, -0.05) is 56.2 Å². The zero-order chi connectivity index (χ0) is 16.9. The lowest BCUT2D eigenvalue weighted by Gasteiger charge is -2.06. The van der Waals surface area contributed by atoms with Gasteiger partial charge < -0.3 is 5.11 Å². The van der Waals surface area contributed by atoms with Crippen molar-refractivity contribution in [1.82, 2.24) is 0 Å². The summed E-state index contributed by atoms with van der Waals surface area (Å²) in [5.74, 6) is -0.496. The van der Waals surface area contributed by atoms with Crippen molar-refractivity contribution < 1.29 is 14.7 Å². The number of rotatable bonds is 11. The molecule has 0 radical (unpaired) electrons. The van der Waals surface area contributed by atoms with Crippen molar-refractivity contribution in [3.8, 4) is 0 Å². The Kier molecular flexibility index (Phi) is 9.69. The minimum Gasteiger partial charge on any atom is -0.481 e. The first-order valence-electron chi connectivity index (χ1n) is 8.61. The highest BCUT2D eigenvalue weighted by atomic mass is 16.4. The molecule has 0 aromatic carbocycles. The molecule has 0 bridgehead atoms. The van der Waals surface area contributed by atoms with E-state index in [0.717, 1.165) is 24.8 Å². The fourth-order valence-corrected chi connectivity index (χ4v) is 2.51. The third-order valence-corrected chi connectivity index (χ3v) is 3.87. The van der Waals surface area contributed by atoms with E-state index in [0.29, 0.717) is 6.42 Å². The average molecular weight is 316 g/mol. The molecule has 0 saturated heterocycles. The molecule has 3 nitrogen and oxygen atoms in total. The van der Waals surface area contributed by atoms with Gasteiger partial charge in [-0.3, -0.25) is 9.59 Å². The van der Waals surface area contributed by atoms with Crippen molar-refractivity contribution in [2.45, 2.75) is 58.3 Å². The Bertz CT molecular complexity index is 495. The number of unbranched alkanes of at least 4 members (excludes halogenated alkanes) is 4. The van der Waals surface area contributed by atoms with Gasteiger partial charge in [0.25, 0.3) is 0 Å². The molecule has 1 aliphatic rings. The van der Waals surface area contributed by atoms with Crippen LogP contribution in [0.2, 0.25) is 0 Å². The summed E-state index contributed by atoms with van der Waals surface area (Å²) in [6.07, 6.45) is 20.9. The monoisotopic (exact) mass is 316 g/mol. The molecule has 0 heterocycles. The van der Waals surface area contributed by atoms with E-state index in [1.54, 1.807) is 6.08 Å². The highest BCUT2D eigenvalue weighted by Crippen LogP contribution is 2.25. The highest BCUT2D eigenvalue weighted by Gasteiger charge is 2.20. The molecular formula is C20H28O3. The van der Waals surface area contributed by atoms with Crippen molar-refractivity contribution in [2.75, 3.05) is 0 Å². The zero-order valence-corrected chi connectivity index (χ0v) is 14.0. The van der Waals surface area contributed by atoms with Gasteiger partial charge in [-0.25, -0.2) is 0 Å². The molecule has 0 aliphatic heterocycles. The molecule has 1 rings (SSSR count). The Hall–Kier alpha value is -1.90. The van der Waals surface area contributed by atoms with Crippen LogP contribution >= 0.6 is 0 Å². The summed E-state index contributed by atoms with van der Waals surface area (Å²) in [4.78, 5) is 22.3. The molecule has 0 spiro atoms. The third-order valence-electron chi connectivity index (χ3n) is 3.87. The van der Waals surface area contributed by atoms with Gasteiger partial charge in [0, 0.05) is 17.9 Å². The number of hydrogen-bond donors (Lipinski definition) is 1. The van der Waals surface area contributed by atoms with E-state index in [-0.39, 0.29) is 18.1 Å². The van der Waals surface area contributed by atoms with Crippen molar-refractivity contribution >= 4 is 11.8 Å². The van der Waals surface area contributed by atoms with Crippen LogP contribution in [0.4, 0.5) is 0 Å². The highest BCUT2D eigenvalue weighted by molar-refractivity contribution is 6.07. The fourth-order valence-electron chi connectivity index (χ4n) is 2.51. The van der Waals surface area contributed by atoms with Crippen molar-refractivity contribution in [1.29, 1.82) is 0 Å². The number of ketones is 1. The molecule has 1 N–H and O–H groups in total. The Balaban J connectivity index is 2.38. The summed E-state index contributed by atoms with van der Waals surface area (Å²) in [6.45, 7) is 2.19. The van der Waals surface area contributed by atoms with Crippen LogP contribution in [0.15, 0.2) is 48.1 Å². The van der Waals surface area contributed by atoms with Gasteiger partial charge in [-0.05, 0) is 38.2 Å². The average Bonchev–Trinajstić information content (AvgIpc) is 2.86. The lowest BCUT2D eigenvalue weighted by atomic mass is 9.97. The topological polar surface area (TPSA) is 54.4 Å². The molecule has 0 aromatic rings. The summed E-state index contributed by atoms with van der Waals surface area (Å²) >= 11 is 0. The zero-order valence-electron chi connectivity index (χ0n) is 14.0. The summed E-state index contributed by atoms with van der Waals surface area (Å²) in [5.41, 5.74) is 0.854. The molecule has 0 amide bonds. The number of carbonyl (C=O) groups is 2. The van der Waals surface area contributed by atoms with Gasteiger partial charge in [0.05, 0.1) is 0 Å². The van der Waals surface area contributed by atoms with E-state index in [4.69, 9.17) is 5.11 Å². The quantitative estimate of drug-likeness (QED) is 0.331. The first-order chi connectivity index (χ1) is 11.1. The van der Waals surface area contributed by atoms with Crippen LogP contribution in [0, 0.1) is 5.92 Å². The van der Waals surface area contributed by atoms with Crippen LogP contribution in [0.3, 0.4) is 0 Å². The second kappa shape index (κ2) is 11.6. The van der Waals surface area contributed by atoms with E-state index >= 15 is 0 Å². The predicted octanol–water partition coefficient (Wildman–Crippen LogP) is 5.01. The molecule has 0 fully saturated rings. The molecule has 3 heteroatoms. The van der Waals surface area contributed by atoms with Gasteiger partial charge in [0.2, 0.25) is 0 Å². The van der Waals surface area contributed by atoms with Crippen LogP contribution in [-0.4, -0.2) is 16.9 Å². The Labute approximate surface area is 139 Å². The lowest BCUT2D eigenvalue weighted by Crippen LogP contribution is -2.01. The molecule has 0 aromatic heterocycles. The van der Waals surface area contributed by atoms with E-state index in [1.165, 1.54) is 19.3 Å². The minimum atomic E-state index is -0.751. The van der Waals surface area contributed by atoms with E-state index in [9.17, 15) is 9.59 Å². The first-order valence-corrected chi connectivity index (χ1v) is 8.61. The van der Waals surface area contributed by atoms with E-state index in [2.05, 4.69) is 13.0 Å². The smallest absolute Gasteiger partial charge is 0.303 e. The van der Waals surface area contributed by atoms with Gasteiger partial charge in [-0.15, -0.1) is 0 Å². The van der Waals surface area contributed by atoms with Crippen molar-refractivity contribution in [3.63, 3.8) is 0 Å². The number of aliphatic carboxylic acids is 1. The maximum atomic E-state index is 11.9. The molecule has 1 atom stereocenters. The largest absolute Gasteiger partial charge is 0.481 e.